The van der Waals surface area contributed by atoms with Gasteiger partial charge in [0, 0.05) is 23.5 Å². The average Bonchev–Trinajstić information content (AvgIpc) is 3.27. The molecule has 0 saturated heterocycles. The highest BCUT2D eigenvalue weighted by Crippen LogP contribution is 2.38. The van der Waals surface area contributed by atoms with E-state index in [9.17, 15) is 9.18 Å². The summed E-state index contributed by atoms with van der Waals surface area (Å²) in [5.41, 5.74) is 8.86. The van der Waals surface area contributed by atoms with Gasteiger partial charge in [0.1, 0.15) is 29.1 Å². The quantitative estimate of drug-likeness (QED) is 0.359. The summed E-state index contributed by atoms with van der Waals surface area (Å²) < 4.78 is 21.8. The lowest BCUT2D eigenvalue weighted by Crippen LogP contribution is -2.08. The van der Waals surface area contributed by atoms with Crippen molar-refractivity contribution in [1.29, 1.82) is 0 Å². The van der Waals surface area contributed by atoms with Gasteiger partial charge in [-0.3, -0.25) is 4.79 Å². The van der Waals surface area contributed by atoms with E-state index in [0.29, 0.717) is 28.1 Å². The molecule has 5 aromatic rings. The van der Waals surface area contributed by atoms with E-state index < -0.39 is 11.7 Å². The number of benzene rings is 2. The van der Waals surface area contributed by atoms with Crippen LogP contribution in [0.25, 0.3) is 27.9 Å². The molecule has 11 heteroatoms. The number of carbonyl (C=O) groups is 1. The standard InChI is InChI=1S/C24H17FN8O2/c1-2-19(34)31-18-9-6-15(12-17(18)25)21-20(22-23(26)29-13-30-33(22)32-21)14-4-7-16(8-5-14)35-24-27-10-3-11-28-24/h2-13H,1H2,(H,31,34)(H2,26,29,30). The first kappa shape index (κ1) is 21.6. The third-order valence-corrected chi connectivity index (χ3v) is 5.05. The Hall–Kier alpha value is -5.19. The summed E-state index contributed by atoms with van der Waals surface area (Å²) in [6.45, 7) is 3.37. The van der Waals surface area contributed by atoms with Crippen LogP contribution < -0.4 is 15.8 Å². The van der Waals surface area contributed by atoms with Crippen LogP contribution >= 0.6 is 0 Å². The molecule has 5 rings (SSSR count). The Kier molecular flexibility index (Phi) is 5.55. The Labute approximate surface area is 197 Å². The Morgan fingerprint density at radius 3 is 2.54 bits per heavy atom. The molecule has 3 aromatic heterocycles. The van der Waals surface area contributed by atoms with Crippen molar-refractivity contribution in [3.63, 3.8) is 0 Å². The van der Waals surface area contributed by atoms with Crippen LogP contribution in [0.4, 0.5) is 15.9 Å². The minimum atomic E-state index is -0.633. The van der Waals surface area contributed by atoms with Crippen molar-refractivity contribution in [2.24, 2.45) is 0 Å². The first-order chi connectivity index (χ1) is 17.0. The van der Waals surface area contributed by atoms with Crippen molar-refractivity contribution < 1.29 is 13.9 Å². The molecule has 0 aliphatic rings. The fourth-order valence-electron chi connectivity index (χ4n) is 3.48. The van der Waals surface area contributed by atoms with Crippen LogP contribution in [0.15, 0.2) is 79.9 Å². The lowest BCUT2D eigenvalue weighted by molar-refractivity contribution is -0.111. The number of anilines is 2. The van der Waals surface area contributed by atoms with Crippen LogP contribution in [-0.4, -0.2) is 35.7 Å². The van der Waals surface area contributed by atoms with Crippen molar-refractivity contribution in [3.05, 3.63) is 85.7 Å². The van der Waals surface area contributed by atoms with Gasteiger partial charge in [-0.15, -0.1) is 14.8 Å². The predicted molar refractivity (Wildman–Crippen MR) is 127 cm³/mol. The summed E-state index contributed by atoms with van der Waals surface area (Å²) in [5.74, 6) is -0.416. The molecule has 172 valence electrons. The number of hydrogen-bond donors (Lipinski definition) is 2. The van der Waals surface area contributed by atoms with Gasteiger partial charge < -0.3 is 15.8 Å². The molecule has 0 spiro atoms. The van der Waals surface area contributed by atoms with E-state index >= 15 is 0 Å². The van der Waals surface area contributed by atoms with Gasteiger partial charge in [-0.05, 0) is 42.0 Å². The van der Waals surface area contributed by atoms with Gasteiger partial charge >= 0.3 is 6.01 Å². The van der Waals surface area contributed by atoms with Gasteiger partial charge in [-0.25, -0.2) is 19.3 Å². The summed E-state index contributed by atoms with van der Waals surface area (Å²) in [6.07, 6.45) is 5.51. The monoisotopic (exact) mass is 468 g/mol. The van der Waals surface area contributed by atoms with Gasteiger partial charge in [-0.2, -0.15) is 0 Å². The zero-order valence-electron chi connectivity index (χ0n) is 18.1. The highest BCUT2D eigenvalue weighted by Gasteiger charge is 2.21. The smallest absolute Gasteiger partial charge is 0.321 e. The van der Waals surface area contributed by atoms with Crippen molar-refractivity contribution >= 4 is 22.9 Å². The molecule has 0 aliphatic carbocycles. The minimum Gasteiger partial charge on any atom is -0.424 e. The molecule has 3 heterocycles. The molecule has 1 amide bonds. The molecule has 0 aliphatic heterocycles. The highest BCUT2D eigenvalue weighted by molar-refractivity contribution is 6.00. The lowest BCUT2D eigenvalue weighted by Gasteiger charge is -2.09. The normalized spacial score (nSPS) is 10.8. The van der Waals surface area contributed by atoms with Crippen molar-refractivity contribution in [2.45, 2.75) is 0 Å². The summed E-state index contributed by atoms with van der Waals surface area (Å²) in [6, 6.07) is 13.4. The number of ether oxygens (including phenoxy) is 1. The number of carbonyl (C=O) groups excluding carboxylic acids is 1. The topological polar surface area (TPSA) is 133 Å². The minimum absolute atomic E-state index is 0.0212. The number of hydrogen-bond acceptors (Lipinski definition) is 8. The molecule has 3 N–H and O–H groups in total. The number of nitrogens with two attached hydrogens (primary N) is 1. The lowest BCUT2D eigenvalue weighted by atomic mass is 9.99. The van der Waals surface area contributed by atoms with Gasteiger partial charge in [0.2, 0.25) is 5.91 Å². The van der Waals surface area contributed by atoms with E-state index in [1.807, 2.05) is 0 Å². The molecule has 0 saturated carbocycles. The van der Waals surface area contributed by atoms with Crippen LogP contribution in [0.5, 0.6) is 11.8 Å². The van der Waals surface area contributed by atoms with Gasteiger partial charge in [0.25, 0.3) is 0 Å². The third kappa shape index (κ3) is 4.25. The van der Waals surface area contributed by atoms with Crippen LogP contribution in [0, 0.1) is 5.82 Å². The maximum Gasteiger partial charge on any atom is 0.321 e. The van der Waals surface area contributed by atoms with E-state index in [0.717, 1.165) is 11.6 Å². The molecule has 0 atom stereocenters. The van der Waals surface area contributed by atoms with E-state index in [2.05, 4.69) is 37.0 Å². The zero-order valence-corrected chi connectivity index (χ0v) is 18.1. The largest absolute Gasteiger partial charge is 0.424 e. The Morgan fingerprint density at radius 1 is 1.09 bits per heavy atom. The molecular formula is C24H17FN8O2. The Morgan fingerprint density at radius 2 is 1.83 bits per heavy atom. The Bertz CT molecular complexity index is 1550. The van der Waals surface area contributed by atoms with E-state index in [1.165, 1.54) is 23.1 Å². The summed E-state index contributed by atoms with van der Waals surface area (Å²) in [4.78, 5) is 23.7. The van der Waals surface area contributed by atoms with E-state index in [-0.39, 0.29) is 17.5 Å². The number of aromatic nitrogens is 6. The second-order valence-corrected chi connectivity index (χ2v) is 7.25. The number of nitrogens with zero attached hydrogens (tertiary/aromatic N) is 6. The predicted octanol–water partition coefficient (Wildman–Crippen LogP) is 3.89. The second-order valence-electron chi connectivity index (χ2n) is 7.25. The molecule has 0 fully saturated rings. The molecular weight excluding hydrogens is 451 g/mol. The average molecular weight is 468 g/mol. The number of amides is 1. The number of fused-ring (bicyclic) bond motifs is 1. The fourth-order valence-corrected chi connectivity index (χ4v) is 3.48. The van der Waals surface area contributed by atoms with Crippen molar-refractivity contribution in [2.75, 3.05) is 11.1 Å². The number of rotatable bonds is 6. The fraction of sp³-hybridized carbons (Fsp3) is 0. The van der Waals surface area contributed by atoms with Gasteiger partial charge in [0.15, 0.2) is 5.82 Å². The molecule has 2 aromatic carbocycles. The van der Waals surface area contributed by atoms with Crippen LogP contribution in [0.3, 0.4) is 0 Å². The molecule has 0 bridgehead atoms. The summed E-state index contributed by atoms with van der Waals surface area (Å²) in [5, 5.41) is 11.1. The third-order valence-electron chi connectivity index (χ3n) is 5.05. The Balaban J connectivity index is 1.59. The van der Waals surface area contributed by atoms with Crippen molar-refractivity contribution in [1.82, 2.24) is 29.8 Å². The molecule has 0 unspecified atom stereocenters. The number of nitrogen functional groups attached to an aromatic ring is 1. The number of halogens is 1. The van der Waals surface area contributed by atoms with E-state index in [4.69, 9.17) is 10.5 Å². The maximum atomic E-state index is 14.8. The molecule has 35 heavy (non-hydrogen) atoms. The second kappa shape index (κ2) is 8.98. The zero-order chi connectivity index (χ0) is 24.4. The van der Waals surface area contributed by atoms with Crippen molar-refractivity contribution in [3.8, 4) is 34.1 Å². The SMILES string of the molecule is C=CC(=O)Nc1ccc(-c2nn3ncnc(N)c3c2-c2ccc(Oc3ncccn3)cc2)cc1F. The van der Waals surface area contributed by atoms with Gasteiger partial charge in [0.05, 0.1) is 5.69 Å². The molecule has 0 radical (unpaired) electrons. The first-order valence-corrected chi connectivity index (χ1v) is 10.3. The molecule has 10 nitrogen and oxygen atoms in total. The summed E-state index contributed by atoms with van der Waals surface area (Å²) >= 11 is 0. The van der Waals surface area contributed by atoms with Crippen LogP contribution in [0.1, 0.15) is 0 Å². The summed E-state index contributed by atoms with van der Waals surface area (Å²) in [7, 11) is 0. The maximum absolute atomic E-state index is 14.8. The van der Waals surface area contributed by atoms with Gasteiger partial charge in [-0.1, -0.05) is 24.8 Å². The number of nitrogens with one attached hydrogen (secondary N) is 1. The highest BCUT2D eigenvalue weighted by atomic mass is 19.1. The van der Waals surface area contributed by atoms with Crippen LogP contribution in [0.2, 0.25) is 0 Å². The van der Waals surface area contributed by atoms with E-state index in [1.54, 1.807) is 48.8 Å². The van der Waals surface area contributed by atoms with Crippen LogP contribution in [-0.2, 0) is 4.79 Å². The first-order valence-electron chi connectivity index (χ1n) is 10.3.